The zero-order valence-electron chi connectivity index (χ0n) is 8.49. The van der Waals surface area contributed by atoms with Crippen molar-refractivity contribution < 1.29 is 0 Å². The summed E-state index contributed by atoms with van der Waals surface area (Å²) >= 11 is 0. The van der Waals surface area contributed by atoms with E-state index in [0.29, 0.717) is 11.6 Å². The molecule has 17 heavy (non-hydrogen) atoms. The van der Waals surface area contributed by atoms with Gasteiger partial charge in [-0.2, -0.15) is 10.4 Å². The Morgan fingerprint density at radius 1 is 0.824 bits per heavy atom. The Labute approximate surface area is 94.0 Å². The zero-order chi connectivity index (χ0) is 12.5. The summed E-state index contributed by atoms with van der Waals surface area (Å²) in [5.74, 6) is 15.2. The van der Waals surface area contributed by atoms with Crippen LogP contribution in [-0.2, 0) is 0 Å². The van der Waals surface area contributed by atoms with E-state index in [1.807, 2.05) is 0 Å². The van der Waals surface area contributed by atoms with E-state index < -0.39 is 6.29 Å². The zero-order valence-corrected chi connectivity index (χ0v) is 8.49. The van der Waals surface area contributed by atoms with Gasteiger partial charge in [0.15, 0.2) is 0 Å². The number of rotatable bonds is 4. The van der Waals surface area contributed by atoms with Crippen LogP contribution in [0.25, 0.3) is 11.6 Å². The second-order valence-corrected chi connectivity index (χ2v) is 2.40. The van der Waals surface area contributed by atoms with Gasteiger partial charge in [0.25, 0.3) is 0 Å². The molecule has 0 amide bonds. The van der Waals surface area contributed by atoms with Crippen LogP contribution in [0.2, 0.25) is 0 Å². The minimum atomic E-state index is -0.431. The number of aromatic amines is 2. The lowest BCUT2D eigenvalue weighted by molar-refractivity contribution is 0.373. The van der Waals surface area contributed by atoms with Crippen LogP contribution >= 0.6 is 0 Å². The lowest BCUT2D eigenvalue weighted by Crippen LogP contribution is -2.60. The third-order valence-electron chi connectivity index (χ3n) is 1.39. The van der Waals surface area contributed by atoms with Crippen LogP contribution in [0.15, 0.2) is 0 Å². The molecule has 0 aliphatic rings. The standard InChI is InChI=1S/C2H2N8.CH10N6/c3-1(4-8-7-3)2-5-9-10-6-2;2-5-1(6-3)7-4/h(H,3,4,7,8)(H,5,6,9,10);1,5-7H,2-4H2. The lowest BCUT2D eigenvalue weighted by Gasteiger charge is -2.10. The molecule has 14 nitrogen and oxygen atoms in total. The molecule has 11 N–H and O–H groups in total. The Bertz CT molecular complexity index is 320. The second kappa shape index (κ2) is 7.22. The number of tetrazole rings is 2. The summed E-state index contributed by atoms with van der Waals surface area (Å²) in [4.78, 5) is 0. The highest BCUT2D eigenvalue weighted by atomic mass is 15.5. The summed E-state index contributed by atoms with van der Waals surface area (Å²) in [6, 6.07) is 0. The molecule has 0 aromatic carbocycles. The van der Waals surface area contributed by atoms with Crippen molar-refractivity contribution in [2.45, 2.75) is 6.29 Å². The molecule has 0 atom stereocenters. The van der Waals surface area contributed by atoms with Gasteiger partial charge >= 0.3 is 0 Å². The fourth-order valence-corrected chi connectivity index (χ4v) is 0.657. The molecule has 0 fully saturated rings. The van der Waals surface area contributed by atoms with Crippen LogP contribution in [0.4, 0.5) is 0 Å². The van der Waals surface area contributed by atoms with Crippen molar-refractivity contribution in [2.75, 3.05) is 0 Å². The number of H-pyrrole nitrogens is 2. The molecule has 14 heteroatoms. The highest BCUT2D eigenvalue weighted by Gasteiger charge is 2.05. The van der Waals surface area contributed by atoms with Crippen LogP contribution < -0.4 is 33.8 Å². The average molecular weight is 244 g/mol. The first-order valence-corrected chi connectivity index (χ1v) is 4.17. The SMILES string of the molecule is NNC(NN)NN.n1nc(-c2nn[nH]n2)n[nH]1. The van der Waals surface area contributed by atoms with Crippen LogP contribution in [0.3, 0.4) is 0 Å². The lowest BCUT2D eigenvalue weighted by atomic mass is 10.6. The van der Waals surface area contributed by atoms with Crippen LogP contribution in [0, 0.1) is 0 Å². The molecule has 0 unspecified atom stereocenters. The van der Waals surface area contributed by atoms with Crippen molar-refractivity contribution in [2.24, 2.45) is 17.5 Å². The van der Waals surface area contributed by atoms with Crippen LogP contribution in [-0.4, -0.2) is 47.5 Å². The number of hydrogen-bond donors (Lipinski definition) is 8. The minimum Gasteiger partial charge on any atom is -0.269 e. The van der Waals surface area contributed by atoms with Gasteiger partial charge in [-0.1, -0.05) is 0 Å². The first kappa shape index (κ1) is 13.0. The number of hydrogen-bond acceptors (Lipinski definition) is 12. The third-order valence-corrected chi connectivity index (χ3v) is 1.39. The van der Waals surface area contributed by atoms with E-state index in [1.54, 1.807) is 0 Å². The number of aromatic nitrogens is 8. The third kappa shape index (κ3) is 4.10. The van der Waals surface area contributed by atoms with Gasteiger partial charge in [-0.15, -0.1) is 20.4 Å². The molecule has 0 radical (unpaired) electrons. The topological polar surface area (TPSA) is 223 Å². The molecule has 2 heterocycles. The van der Waals surface area contributed by atoms with Gasteiger partial charge in [0.05, 0.1) is 0 Å². The molecule has 2 aromatic rings. The molecule has 2 rings (SSSR count). The Kier molecular flexibility index (Phi) is 5.51. The van der Waals surface area contributed by atoms with Crippen molar-refractivity contribution in [3.63, 3.8) is 0 Å². The quantitative estimate of drug-likeness (QED) is 0.144. The first-order chi connectivity index (χ1) is 8.31. The number of nitrogens with two attached hydrogens (primary N) is 3. The van der Waals surface area contributed by atoms with Crippen molar-refractivity contribution in [1.82, 2.24) is 57.5 Å². The van der Waals surface area contributed by atoms with Gasteiger partial charge in [0.1, 0.15) is 6.29 Å². The Hall–Kier alpha value is -2.10. The summed E-state index contributed by atoms with van der Waals surface area (Å²) < 4.78 is 0. The molecule has 0 spiro atoms. The normalized spacial score (nSPS) is 10.1. The van der Waals surface area contributed by atoms with E-state index in [9.17, 15) is 0 Å². The largest absolute Gasteiger partial charge is 0.269 e. The maximum atomic E-state index is 4.86. The minimum absolute atomic E-state index is 0.328. The summed E-state index contributed by atoms with van der Waals surface area (Å²) in [7, 11) is 0. The van der Waals surface area contributed by atoms with Crippen molar-refractivity contribution in [3.05, 3.63) is 0 Å². The second-order valence-electron chi connectivity index (χ2n) is 2.40. The Morgan fingerprint density at radius 3 is 1.41 bits per heavy atom. The Morgan fingerprint density at radius 2 is 1.24 bits per heavy atom. The van der Waals surface area contributed by atoms with Crippen molar-refractivity contribution in [1.29, 1.82) is 0 Å². The number of hydrazine groups is 3. The maximum Gasteiger partial charge on any atom is 0.245 e. The summed E-state index contributed by atoms with van der Waals surface area (Å²) in [6.07, 6.45) is -0.431. The number of nitrogens with zero attached hydrogens (tertiary/aromatic N) is 6. The van der Waals surface area contributed by atoms with E-state index in [2.05, 4.69) is 57.5 Å². The number of nitrogens with one attached hydrogen (secondary N) is 5. The van der Waals surface area contributed by atoms with Gasteiger partial charge in [0.2, 0.25) is 11.6 Å². The van der Waals surface area contributed by atoms with E-state index in [0.717, 1.165) is 0 Å². The van der Waals surface area contributed by atoms with Crippen molar-refractivity contribution in [3.8, 4) is 11.6 Å². The van der Waals surface area contributed by atoms with E-state index in [1.165, 1.54) is 0 Å². The van der Waals surface area contributed by atoms with E-state index >= 15 is 0 Å². The first-order valence-electron chi connectivity index (χ1n) is 4.17. The van der Waals surface area contributed by atoms with Gasteiger partial charge in [-0.3, -0.25) is 17.5 Å². The molecular formula is C3H12N14. The smallest absolute Gasteiger partial charge is 0.245 e. The van der Waals surface area contributed by atoms with Gasteiger partial charge in [0, 0.05) is 0 Å². The van der Waals surface area contributed by atoms with E-state index in [4.69, 9.17) is 17.5 Å². The fourth-order valence-electron chi connectivity index (χ4n) is 0.657. The van der Waals surface area contributed by atoms with Gasteiger partial charge in [-0.05, 0) is 10.4 Å². The van der Waals surface area contributed by atoms with Crippen molar-refractivity contribution >= 4 is 0 Å². The summed E-state index contributed by atoms with van der Waals surface area (Å²) in [6.45, 7) is 0. The van der Waals surface area contributed by atoms with Crippen LogP contribution in [0.5, 0.6) is 0 Å². The average Bonchev–Trinajstić information content (AvgIpc) is 3.05. The Balaban J connectivity index is 0.000000185. The predicted octanol–water partition coefficient (Wildman–Crippen LogP) is -4.96. The molecule has 2 aromatic heterocycles. The summed E-state index contributed by atoms with van der Waals surface area (Å²) in [5, 5.41) is 25.7. The van der Waals surface area contributed by atoms with E-state index in [-0.39, 0.29) is 0 Å². The highest BCUT2D eigenvalue weighted by molar-refractivity contribution is 5.37. The van der Waals surface area contributed by atoms with Gasteiger partial charge in [-0.25, -0.2) is 16.3 Å². The maximum absolute atomic E-state index is 4.86. The molecule has 0 aliphatic carbocycles. The highest BCUT2D eigenvalue weighted by Crippen LogP contribution is 1.99. The monoisotopic (exact) mass is 244 g/mol. The molecular weight excluding hydrogens is 232 g/mol. The molecule has 94 valence electrons. The molecule has 0 aliphatic heterocycles. The fraction of sp³-hybridized carbons (Fsp3) is 0.333. The predicted molar refractivity (Wildman–Crippen MR) is 53.1 cm³/mol. The van der Waals surface area contributed by atoms with Crippen LogP contribution in [0.1, 0.15) is 0 Å². The summed E-state index contributed by atoms with van der Waals surface area (Å²) in [5.41, 5.74) is 6.69. The molecule has 0 saturated carbocycles. The molecule has 0 bridgehead atoms. The van der Waals surface area contributed by atoms with Gasteiger partial charge < -0.3 is 0 Å². The molecule has 0 saturated heterocycles.